The smallest absolute Gasteiger partial charge is 0.246 e. The molecule has 9 heteroatoms. The zero-order valence-electron chi connectivity index (χ0n) is 29.4. The first-order valence-corrected chi connectivity index (χ1v) is 19.0. The Morgan fingerprint density at radius 2 is 1.90 bits per heavy atom. The predicted octanol–water partition coefficient (Wildman–Crippen LogP) is 5.35. The van der Waals surface area contributed by atoms with Crippen molar-refractivity contribution in [3.63, 3.8) is 0 Å². The predicted molar refractivity (Wildman–Crippen MR) is 187 cm³/mol. The third-order valence-electron chi connectivity index (χ3n) is 13.1. The van der Waals surface area contributed by atoms with Crippen LogP contribution in [0.5, 0.6) is 5.75 Å². The molecule has 2 aliphatic carbocycles. The van der Waals surface area contributed by atoms with Gasteiger partial charge in [-0.05, 0) is 88.1 Å². The van der Waals surface area contributed by atoms with Gasteiger partial charge in [-0.3, -0.25) is 20.3 Å². The first-order chi connectivity index (χ1) is 23.4. The van der Waals surface area contributed by atoms with Crippen LogP contribution >= 0.6 is 0 Å². The molecule has 0 radical (unpaired) electrons. The number of nitrogens with zero attached hydrogens (tertiary/aromatic N) is 4. The molecular formula is C39H58N6O3. The molecule has 48 heavy (non-hydrogen) atoms. The molecule has 5 fully saturated rings. The van der Waals surface area contributed by atoms with E-state index >= 15 is 0 Å². The zero-order valence-corrected chi connectivity index (χ0v) is 29.4. The lowest BCUT2D eigenvalue weighted by Gasteiger charge is -2.64. The van der Waals surface area contributed by atoms with Crippen LogP contribution in [0.2, 0.25) is 0 Å². The number of nitriles is 1. The zero-order chi connectivity index (χ0) is 33.3. The Kier molecular flexibility index (Phi) is 10.2. The maximum atomic E-state index is 13.0. The summed E-state index contributed by atoms with van der Waals surface area (Å²) >= 11 is 0. The number of nitrogens with one attached hydrogen (secondary N) is 2. The van der Waals surface area contributed by atoms with E-state index in [-0.39, 0.29) is 35.6 Å². The van der Waals surface area contributed by atoms with Gasteiger partial charge in [-0.2, -0.15) is 5.26 Å². The number of likely N-dealkylation sites (tertiary alicyclic amines) is 1. The molecule has 9 nitrogen and oxygen atoms in total. The van der Waals surface area contributed by atoms with Crippen molar-refractivity contribution in [3.8, 4) is 11.8 Å². The molecule has 3 saturated heterocycles. The van der Waals surface area contributed by atoms with E-state index in [1.807, 2.05) is 4.90 Å². The minimum Gasteiger partial charge on any atom is -0.487 e. The van der Waals surface area contributed by atoms with Gasteiger partial charge >= 0.3 is 0 Å². The van der Waals surface area contributed by atoms with Gasteiger partial charge in [0.2, 0.25) is 5.91 Å². The maximum absolute atomic E-state index is 13.0. The number of ether oxygens (including phenoxy) is 2. The Morgan fingerprint density at radius 1 is 1.08 bits per heavy atom. The summed E-state index contributed by atoms with van der Waals surface area (Å²) in [6.45, 7) is 10.0. The van der Waals surface area contributed by atoms with Crippen LogP contribution < -0.4 is 15.4 Å². The van der Waals surface area contributed by atoms with Crippen molar-refractivity contribution in [2.24, 2.45) is 11.8 Å². The van der Waals surface area contributed by atoms with E-state index in [0.717, 1.165) is 44.5 Å². The first kappa shape index (κ1) is 34.0. The van der Waals surface area contributed by atoms with Crippen LogP contribution in [0.25, 0.3) is 0 Å². The fraction of sp³-hybridized carbons (Fsp3) is 0.744. The minimum atomic E-state index is -0.302. The second kappa shape index (κ2) is 14.4. The third kappa shape index (κ3) is 6.44. The average molecular weight is 659 g/mol. The van der Waals surface area contributed by atoms with Gasteiger partial charge in [-0.15, -0.1) is 0 Å². The Morgan fingerprint density at radius 3 is 2.65 bits per heavy atom. The lowest BCUT2D eigenvalue weighted by molar-refractivity contribution is -0.191. The molecule has 0 bridgehead atoms. The quantitative estimate of drug-likeness (QED) is 0.300. The van der Waals surface area contributed by atoms with Crippen molar-refractivity contribution in [2.75, 3.05) is 39.8 Å². The molecule has 8 atom stereocenters. The molecule has 2 N–H and O–H groups in total. The van der Waals surface area contributed by atoms with Gasteiger partial charge in [-0.25, -0.2) is 0 Å². The molecule has 4 aliphatic heterocycles. The van der Waals surface area contributed by atoms with Gasteiger partial charge in [0, 0.05) is 44.1 Å². The molecule has 0 aromatic heterocycles. The highest BCUT2D eigenvalue weighted by Gasteiger charge is 2.60. The Labute approximate surface area is 288 Å². The van der Waals surface area contributed by atoms with Gasteiger partial charge in [0.05, 0.1) is 30.8 Å². The van der Waals surface area contributed by atoms with Crippen molar-refractivity contribution in [3.05, 3.63) is 42.5 Å². The summed E-state index contributed by atoms with van der Waals surface area (Å²) < 4.78 is 13.9. The number of carbonyl (C=O) groups excluding carboxylic acids is 1. The Balaban J connectivity index is 1.25. The number of hydrogen-bond donors (Lipinski definition) is 2. The fourth-order valence-electron chi connectivity index (χ4n) is 10.8. The van der Waals surface area contributed by atoms with Crippen LogP contribution in [-0.4, -0.2) is 96.2 Å². The molecule has 7 unspecified atom stereocenters. The van der Waals surface area contributed by atoms with Crippen molar-refractivity contribution >= 4 is 5.91 Å². The van der Waals surface area contributed by atoms with E-state index in [4.69, 9.17) is 9.47 Å². The topological polar surface area (TPSA) is 93.1 Å². The largest absolute Gasteiger partial charge is 0.487 e. The van der Waals surface area contributed by atoms with Crippen LogP contribution in [0.15, 0.2) is 36.9 Å². The van der Waals surface area contributed by atoms with Crippen LogP contribution in [0, 0.1) is 23.2 Å². The van der Waals surface area contributed by atoms with E-state index in [2.05, 4.69) is 71.3 Å². The molecule has 1 aromatic rings. The molecule has 4 heterocycles. The minimum absolute atomic E-state index is 0.0695. The fourth-order valence-corrected chi connectivity index (χ4v) is 10.8. The van der Waals surface area contributed by atoms with Crippen molar-refractivity contribution in [1.29, 1.82) is 5.26 Å². The first-order valence-electron chi connectivity index (χ1n) is 19.0. The van der Waals surface area contributed by atoms with Gasteiger partial charge in [0.25, 0.3) is 0 Å². The van der Waals surface area contributed by atoms with E-state index in [0.29, 0.717) is 49.9 Å². The number of carbonyl (C=O) groups is 1. The SMILES string of the molecule is C=CC(=O)N1CCN(C2(C3CCCCCC3)NC(OCC3CCCN3C)NC3C[C@@]4(CCC32)CC(C)c2ccccc2O4)CC1CC#N. The lowest BCUT2D eigenvalue weighted by Crippen LogP contribution is -2.82. The van der Waals surface area contributed by atoms with Crippen molar-refractivity contribution < 1.29 is 14.3 Å². The highest BCUT2D eigenvalue weighted by molar-refractivity contribution is 5.87. The van der Waals surface area contributed by atoms with Gasteiger partial charge in [0.1, 0.15) is 11.4 Å². The normalized spacial score (nSPS) is 38.0. The number of piperazine rings is 1. The Bertz CT molecular complexity index is 1340. The number of hydrogen-bond acceptors (Lipinski definition) is 8. The summed E-state index contributed by atoms with van der Waals surface area (Å²) in [6, 6.07) is 11.5. The summed E-state index contributed by atoms with van der Waals surface area (Å²) in [7, 11) is 2.22. The second-order valence-corrected chi connectivity index (χ2v) is 15.9. The van der Waals surface area contributed by atoms with Crippen molar-refractivity contribution in [2.45, 2.75) is 132 Å². The van der Waals surface area contributed by atoms with Gasteiger partial charge < -0.3 is 19.3 Å². The van der Waals surface area contributed by atoms with Gasteiger partial charge in [0.15, 0.2) is 6.35 Å². The molecule has 1 amide bonds. The van der Waals surface area contributed by atoms with Crippen LogP contribution in [0.1, 0.15) is 102 Å². The van der Waals surface area contributed by atoms with Gasteiger partial charge in [-0.1, -0.05) is 57.4 Å². The molecule has 2 saturated carbocycles. The summed E-state index contributed by atoms with van der Waals surface area (Å²) in [5, 5.41) is 18.2. The number of fused-ring (bicyclic) bond motifs is 2. The van der Waals surface area contributed by atoms with Crippen molar-refractivity contribution in [1.82, 2.24) is 25.3 Å². The molecule has 1 aromatic carbocycles. The summed E-state index contributed by atoms with van der Waals surface area (Å²) in [6.07, 6.45) is 15.4. The lowest BCUT2D eigenvalue weighted by atomic mass is 9.62. The Hall–Kier alpha value is -2.48. The van der Waals surface area contributed by atoms with Crippen LogP contribution in [0.4, 0.5) is 0 Å². The number of para-hydroxylation sites is 1. The molecule has 262 valence electrons. The molecule has 1 spiro atoms. The highest BCUT2D eigenvalue weighted by atomic mass is 16.5. The average Bonchev–Trinajstić information content (AvgIpc) is 3.31. The highest BCUT2D eigenvalue weighted by Crippen LogP contribution is 2.53. The maximum Gasteiger partial charge on any atom is 0.246 e. The number of likely N-dealkylation sites (N-methyl/N-ethyl adjacent to an activating group) is 1. The molecule has 6 aliphatic rings. The summed E-state index contributed by atoms with van der Waals surface area (Å²) in [4.78, 5) is 20.0. The van der Waals surface area contributed by atoms with Crippen LogP contribution in [-0.2, 0) is 9.53 Å². The second-order valence-electron chi connectivity index (χ2n) is 15.9. The third-order valence-corrected chi connectivity index (χ3v) is 13.1. The summed E-state index contributed by atoms with van der Waals surface area (Å²) in [5.41, 5.74) is 0.820. The van der Waals surface area contributed by atoms with E-state index in [1.165, 1.54) is 63.0 Å². The van der Waals surface area contributed by atoms with E-state index in [9.17, 15) is 10.1 Å². The number of amides is 1. The molecular weight excluding hydrogens is 600 g/mol. The summed E-state index contributed by atoms with van der Waals surface area (Å²) in [5.74, 6) is 2.24. The van der Waals surface area contributed by atoms with E-state index < -0.39 is 0 Å². The van der Waals surface area contributed by atoms with Crippen LogP contribution in [0.3, 0.4) is 0 Å². The number of benzene rings is 1. The monoisotopic (exact) mass is 658 g/mol. The number of rotatable bonds is 7. The van der Waals surface area contributed by atoms with E-state index in [1.54, 1.807) is 0 Å². The standard InChI is InChI=1S/C39H58N6O3/c1-4-36(46)45-23-22-44(26-30(45)18-20-40)39(29-12-7-5-6-8-13-29)33-17-19-38(24-28(2)32-15-9-10-16-35(32)48-38)25-34(33)41-37(42-39)47-27-31-14-11-21-43(31)3/h4,9-10,15-16,28-31,33-34,37,41-42H,1,5-8,11-14,17-19,21-27H2,2-3H3/t28?,30?,31?,33?,34?,37?,38-,39?/m1/s1. The molecule has 7 rings (SSSR count).